The number of nitrogens with one attached hydrogen (secondary N) is 3. The summed E-state index contributed by atoms with van der Waals surface area (Å²) in [4.78, 5) is 40.2. The molecular weight excluding hydrogens is 393 g/mol. The summed E-state index contributed by atoms with van der Waals surface area (Å²) in [5.41, 5.74) is 3.68. The molecule has 0 radical (unpaired) electrons. The number of hydrogen-bond donors (Lipinski definition) is 3. The summed E-state index contributed by atoms with van der Waals surface area (Å²) in [5, 5.41) is 8.98. The second kappa shape index (κ2) is 9.41. The number of carbonyl (C=O) groups is 3. The highest BCUT2D eigenvalue weighted by molar-refractivity contribution is 6.08. The van der Waals surface area contributed by atoms with Crippen LogP contribution in [0.4, 0.5) is 10.1 Å². The molecule has 0 aliphatic carbocycles. The zero-order valence-corrected chi connectivity index (χ0v) is 15.9. The van der Waals surface area contributed by atoms with Crippen LogP contribution in [0.25, 0.3) is 0 Å². The van der Waals surface area contributed by atoms with Gasteiger partial charge in [0.1, 0.15) is 11.9 Å². The lowest BCUT2D eigenvalue weighted by Crippen LogP contribution is -2.35. The van der Waals surface area contributed by atoms with E-state index < -0.39 is 23.8 Å². The molecule has 2 amide bonds. The number of methoxy groups -OCH3 is 1. The summed E-state index contributed by atoms with van der Waals surface area (Å²) in [5.74, 6) is -1.82. The molecule has 0 spiro atoms. The molecule has 1 aliphatic heterocycles. The molecule has 2 aromatic rings. The summed E-state index contributed by atoms with van der Waals surface area (Å²) >= 11 is 0. The Balaban J connectivity index is 1.58. The van der Waals surface area contributed by atoms with E-state index in [1.165, 1.54) is 43.7 Å². The quantitative estimate of drug-likeness (QED) is 0.377. The predicted molar refractivity (Wildman–Crippen MR) is 108 cm³/mol. The van der Waals surface area contributed by atoms with Crippen LogP contribution in [-0.4, -0.2) is 43.1 Å². The van der Waals surface area contributed by atoms with Crippen molar-refractivity contribution < 1.29 is 23.5 Å². The SMILES string of the molecule is COC(=O)c1ccccc1NC(=O)C[C@@H]1N=C(N/N=C\c2ccc(F)cc2)NC1=O. The Labute approximate surface area is 171 Å². The Morgan fingerprint density at radius 2 is 1.97 bits per heavy atom. The summed E-state index contributed by atoms with van der Waals surface area (Å²) < 4.78 is 17.6. The molecule has 3 N–H and O–H groups in total. The van der Waals surface area contributed by atoms with Gasteiger partial charge in [-0.3, -0.25) is 14.9 Å². The molecule has 2 aromatic carbocycles. The van der Waals surface area contributed by atoms with E-state index in [9.17, 15) is 18.8 Å². The summed E-state index contributed by atoms with van der Waals surface area (Å²) in [6, 6.07) is 11.1. The zero-order chi connectivity index (χ0) is 21.5. The molecular formula is C20H18FN5O4. The lowest BCUT2D eigenvalue weighted by atomic mass is 10.1. The standard InChI is InChI=1S/C20H18FN5O4/c1-30-19(29)14-4-2-3-5-15(14)23-17(27)10-16-18(28)25-20(24-16)26-22-11-12-6-8-13(21)9-7-12/h2-9,11,16H,10H2,1H3,(H,23,27)(H2,24,25,26,28)/b22-11-/t16-/m0/s1. The fourth-order valence-electron chi connectivity index (χ4n) is 2.62. The minimum atomic E-state index is -0.946. The molecule has 0 unspecified atom stereocenters. The van der Waals surface area contributed by atoms with E-state index in [0.29, 0.717) is 5.56 Å². The molecule has 3 rings (SSSR count). The molecule has 0 fully saturated rings. The van der Waals surface area contributed by atoms with E-state index >= 15 is 0 Å². The number of guanidine groups is 1. The van der Waals surface area contributed by atoms with E-state index in [1.54, 1.807) is 18.2 Å². The van der Waals surface area contributed by atoms with Crippen LogP contribution in [0, 0.1) is 5.82 Å². The van der Waals surface area contributed by atoms with Crippen molar-refractivity contribution in [2.24, 2.45) is 10.1 Å². The van der Waals surface area contributed by atoms with Gasteiger partial charge in [0.05, 0.1) is 31.0 Å². The molecule has 1 aliphatic rings. The van der Waals surface area contributed by atoms with Gasteiger partial charge in [-0.05, 0) is 29.8 Å². The van der Waals surface area contributed by atoms with Gasteiger partial charge in [-0.1, -0.05) is 24.3 Å². The van der Waals surface area contributed by atoms with Gasteiger partial charge in [0.25, 0.3) is 5.91 Å². The zero-order valence-electron chi connectivity index (χ0n) is 15.9. The molecule has 10 heteroatoms. The van der Waals surface area contributed by atoms with Gasteiger partial charge in [-0.25, -0.2) is 19.6 Å². The number of anilines is 1. The number of benzene rings is 2. The number of rotatable bonds is 6. The number of esters is 1. The minimum Gasteiger partial charge on any atom is -0.465 e. The molecule has 0 bridgehead atoms. The maximum absolute atomic E-state index is 12.9. The number of para-hydroxylation sites is 1. The maximum atomic E-state index is 12.9. The van der Waals surface area contributed by atoms with Crippen LogP contribution in [0.5, 0.6) is 0 Å². The van der Waals surface area contributed by atoms with Crippen LogP contribution in [0.1, 0.15) is 22.3 Å². The minimum absolute atomic E-state index is 0.0890. The Bertz CT molecular complexity index is 1020. The van der Waals surface area contributed by atoms with E-state index in [4.69, 9.17) is 0 Å². The third kappa shape index (κ3) is 5.25. The Kier molecular flexibility index (Phi) is 6.48. The van der Waals surface area contributed by atoms with Crippen molar-refractivity contribution in [3.05, 3.63) is 65.5 Å². The molecule has 1 atom stereocenters. The highest BCUT2D eigenvalue weighted by atomic mass is 19.1. The van der Waals surface area contributed by atoms with Gasteiger partial charge in [0.2, 0.25) is 11.9 Å². The number of amides is 2. The summed E-state index contributed by atoms with van der Waals surface area (Å²) in [6.45, 7) is 0. The van der Waals surface area contributed by atoms with E-state index in [-0.39, 0.29) is 29.4 Å². The summed E-state index contributed by atoms with van der Waals surface area (Å²) in [6.07, 6.45) is 1.20. The fraction of sp³-hybridized carbons (Fsp3) is 0.150. The number of halogens is 1. The first kappa shape index (κ1) is 20.6. The van der Waals surface area contributed by atoms with Crippen LogP contribution in [-0.2, 0) is 14.3 Å². The fourth-order valence-corrected chi connectivity index (χ4v) is 2.62. The topological polar surface area (TPSA) is 121 Å². The molecule has 1 heterocycles. The van der Waals surface area contributed by atoms with Gasteiger partial charge in [0.15, 0.2) is 0 Å². The average Bonchev–Trinajstić information content (AvgIpc) is 3.08. The average molecular weight is 411 g/mol. The molecule has 0 saturated heterocycles. The van der Waals surface area contributed by atoms with Crippen molar-refractivity contribution in [1.82, 2.24) is 10.7 Å². The van der Waals surface area contributed by atoms with Crippen LogP contribution in [0.3, 0.4) is 0 Å². The lowest BCUT2D eigenvalue weighted by Gasteiger charge is -2.10. The number of nitrogens with zero attached hydrogens (tertiary/aromatic N) is 2. The molecule has 0 saturated carbocycles. The van der Waals surface area contributed by atoms with Crippen molar-refractivity contribution in [3.8, 4) is 0 Å². The van der Waals surface area contributed by atoms with Crippen molar-refractivity contribution in [2.45, 2.75) is 12.5 Å². The third-order valence-electron chi connectivity index (χ3n) is 4.07. The van der Waals surface area contributed by atoms with Crippen LogP contribution in [0.15, 0.2) is 58.6 Å². The largest absolute Gasteiger partial charge is 0.465 e. The van der Waals surface area contributed by atoms with Crippen LogP contribution in [0.2, 0.25) is 0 Å². The maximum Gasteiger partial charge on any atom is 0.339 e. The number of ether oxygens (including phenoxy) is 1. The highest BCUT2D eigenvalue weighted by Gasteiger charge is 2.29. The number of carbonyl (C=O) groups excluding carboxylic acids is 3. The Hall–Kier alpha value is -4.08. The monoisotopic (exact) mass is 411 g/mol. The van der Waals surface area contributed by atoms with E-state index in [1.807, 2.05) is 0 Å². The smallest absolute Gasteiger partial charge is 0.339 e. The van der Waals surface area contributed by atoms with Crippen molar-refractivity contribution >= 4 is 35.6 Å². The highest BCUT2D eigenvalue weighted by Crippen LogP contribution is 2.17. The number of hydrazone groups is 1. The second-order valence-electron chi connectivity index (χ2n) is 6.19. The first-order chi connectivity index (χ1) is 14.5. The number of hydrogen-bond acceptors (Lipinski definition) is 7. The van der Waals surface area contributed by atoms with E-state index in [2.05, 4.69) is 30.9 Å². The second-order valence-corrected chi connectivity index (χ2v) is 6.19. The molecule has 30 heavy (non-hydrogen) atoms. The van der Waals surface area contributed by atoms with E-state index in [0.717, 1.165) is 0 Å². The molecule has 9 nitrogen and oxygen atoms in total. The molecule has 0 aromatic heterocycles. The van der Waals surface area contributed by atoms with Crippen LogP contribution < -0.4 is 16.1 Å². The van der Waals surface area contributed by atoms with Gasteiger partial charge in [-0.2, -0.15) is 5.10 Å². The third-order valence-corrected chi connectivity index (χ3v) is 4.07. The lowest BCUT2D eigenvalue weighted by molar-refractivity contribution is -0.123. The Morgan fingerprint density at radius 3 is 2.70 bits per heavy atom. The first-order valence-electron chi connectivity index (χ1n) is 8.87. The van der Waals surface area contributed by atoms with Crippen molar-refractivity contribution in [2.75, 3.05) is 12.4 Å². The first-order valence-corrected chi connectivity index (χ1v) is 8.87. The number of aliphatic imine (C=N–C) groups is 1. The molecule has 154 valence electrons. The van der Waals surface area contributed by atoms with Gasteiger partial charge >= 0.3 is 5.97 Å². The summed E-state index contributed by atoms with van der Waals surface area (Å²) in [7, 11) is 1.24. The van der Waals surface area contributed by atoms with Crippen LogP contribution >= 0.6 is 0 Å². The van der Waals surface area contributed by atoms with Crippen molar-refractivity contribution in [1.29, 1.82) is 0 Å². The normalized spacial score (nSPS) is 15.5. The van der Waals surface area contributed by atoms with Gasteiger partial charge in [-0.15, -0.1) is 0 Å². The van der Waals surface area contributed by atoms with Gasteiger partial charge in [0, 0.05) is 0 Å². The Morgan fingerprint density at radius 1 is 1.23 bits per heavy atom. The van der Waals surface area contributed by atoms with Crippen molar-refractivity contribution in [3.63, 3.8) is 0 Å². The predicted octanol–water partition coefficient (Wildman–Crippen LogP) is 1.42. The van der Waals surface area contributed by atoms with Gasteiger partial charge < -0.3 is 10.1 Å².